The van der Waals surface area contributed by atoms with Gasteiger partial charge in [0, 0.05) is 43.9 Å². The smallest absolute Gasteiger partial charge is 0.274 e. The van der Waals surface area contributed by atoms with Crippen molar-refractivity contribution in [1.29, 1.82) is 0 Å². The van der Waals surface area contributed by atoms with E-state index in [0.29, 0.717) is 5.69 Å². The van der Waals surface area contributed by atoms with E-state index in [4.69, 9.17) is 0 Å². The molecule has 3 heterocycles. The summed E-state index contributed by atoms with van der Waals surface area (Å²) in [5.74, 6) is 0.114. The van der Waals surface area contributed by atoms with Crippen molar-refractivity contribution >= 4 is 18.3 Å². The van der Waals surface area contributed by atoms with Crippen molar-refractivity contribution in [2.45, 2.75) is 45.1 Å². The Hall–Kier alpha value is -1.07. The topological polar surface area (TPSA) is 61.0 Å². The Balaban J connectivity index is 0.00000147. The van der Waals surface area contributed by atoms with Crippen molar-refractivity contribution in [3.8, 4) is 0 Å². The molecule has 0 unspecified atom stereocenters. The lowest BCUT2D eigenvalue weighted by Gasteiger charge is -2.24. The van der Waals surface area contributed by atoms with Crippen LogP contribution < -0.4 is 5.32 Å². The number of fused-ring (bicyclic) bond motifs is 1. The predicted molar refractivity (Wildman–Crippen MR) is 80.2 cm³/mol. The zero-order valence-electron chi connectivity index (χ0n) is 11.8. The number of hydrogen-bond donors (Lipinski definition) is 2. The molecule has 1 aromatic heterocycles. The van der Waals surface area contributed by atoms with E-state index < -0.39 is 0 Å². The molecule has 1 saturated heterocycles. The molecule has 2 aliphatic rings. The van der Waals surface area contributed by atoms with Crippen molar-refractivity contribution in [1.82, 2.24) is 20.4 Å². The second-order valence-electron chi connectivity index (χ2n) is 5.52. The fourth-order valence-corrected chi connectivity index (χ4v) is 3.00. The number of carbonyl (C=O) groups excluding carboxylic acids is 1. The van der Waals surface area contributed by atoms with Crippen LogP contribution in [0, 0.1) is 0 Å². The molecule has 20 heavy (non-hydrogen) atoms. The summed E-state index contributed by atoms with van der Waals surface area (Å²) in [5.41, 5.74) is 2.86. The molecule has 2 aliphatic heterocycles. The average Bonchev–Trinajstić information content (AvgIpc) is 2.81. The third kappa shape index (κ3) is 3.15. The van der Waals surface area contributed by atoms with Gasteiger partial charge in [-0.3, -0.25) is 9.89 Å². The average molecular weight is 299 g/mol. The maximum Gasteiger partial charge on any atom is 0.274 e. The van der Waals surface area contributed by atoms with Crippen LogP contribution in [0.2, 0.25) is 0 Å². The Morgan fingerprint density at radius 3 is 2.55 bits per heavy atom. The highest BCUT2D eigenvalue weighted by Gasteiger charge is 2.25. The van der Waals surface area contributed by atoms with Crippen LogP contribution in [0.3, 0.4) is 0 Å². The van der Waals surface area contributed by atoms with Gasteiger partial charge in [-0.2, -0.15) is 5.10 Å². The molecule has 3 rings (SSSR count). The monoisotopic (exact) mass is 298 g/mol. The molecule has 6 heteroatoms. The molecule has 1 aromatic rings. The van der Waals surface area contributed by atoms with E-state index in [9.17, 15) is 4.79 Å². The second kappa shape index (κ2) is 7.09. The molecular weight excluding hydrogens is 276 g/mol. The van der Waals surface area contributed by atoms with Crippen molar-refractivity contribution in [2.24, 2.45) is 0 Å². The number of amides is 1. The largest absolute Gasteiger partial charge is 0.337 e. The summed E-state index contributed by atoms with van der Waals surface area (Å²) < 4.78 is 0. The number of likely N-dealkylation sites (tertiary alicyclic amines) is 1. The Labute approximate surface area is 125 Å². The minimum Gasteiger partial charge on any atom is -0.337 e. The van der Waals surface area contributed by atoms with Gasteiger partial charge in [0.25, 0.3) is 5.91 Å². The van der Waals surface area contributed by atoms with Crippen molar-refractivity contribution in [2.75, 3.05) is 19.6 Å². The van der Waals surface area contributed by atoms with Crippen LogP contribution >= 0.6 is 12.4 Å². The summed E-state index contributed by atoms with van der Waals surface area (Å²) in [6, 6.07) is 0. The minimum atomic E-state index is 0. The molecule has 0 aliphatic carbocycles. The number of aromatic amines is 1. The van der Waals surface area contributed by atoms with E-state index in [-0.39, 0.29) is 18.3 Å². The lowest BCUT2D eigenvalue weighted by atomic mass is 10.0. The van der Waals surface area contributed by atoms with Gasteiger partial charge >= 0.3 is 0 Å². The third-order valence-corrected chi connectivity index (χ3v) is 4.15. The number of rotatable bonds is 1. The highest BCUT2D eigenvalue weighted by Crippen LogP contribution is 2.19. The summed E-state index contributed by atoms with van der Waals surface area (Å²) >= 11 is 0. The Kier molecular flexibility index (Phi) is 5.43. The standard InChI is InChI=1S/C14H22N4O.ClH/c19-14(18-8-4-2-1-3-5-9-18)13-11-10-15-7-6-12(11)16-17-13;/h15H,1-10H2,(H,16,17);1H. The minimum absolute atomic E-state index is 0. The van der Waals surface area contributed by atoms with Crippen LogP contribution in [0.4, 0.5) is 0 Å². The van der Waals surface area contributed by atoms with Gasteiger partial charge in [0.15, 0.2) is 5.69 Å². The first-order valence-electron chi connectivity index (χ1n) is 7.42. The highest BCUT2D eigenvalue weighted by molar-refractivity contribution is 5.94. The summed E-state index contributed by atoms with van der Waals surface area (Å²) in [5, 5.41) is 10.6. The molecule has 0 aromatic carbocycles. The number of nitrogens with zero attached hydrogens (tertiary/aromatic N) is 2. The van der Waals surface area contributed by atoms with Gasteiger partial charge < -0.3 is 10.2 Å². The number of hydrogen-bond acceptors (Lipinski definition) is 3. The van der Waals surface area contributed by atoms with Crippen molar-refractivity contribution < 1.29 is 4.79 Å². The van der Waals surface area contributed by atoms with Gasteiger partial charge in [0.1, 0.15) is 0 Å². The Morgan fingerprint density at radius 2 is 1.80 bits per heavy atom. The summed E-state index contributed by atoms with van der Waals surface area (Å²) in [6.45, 7) is 3.50. The molecular formula is C14H23ClN4O. The SMILES string of the molecule is Cl.O=C(c1n[nH]c2c1CNCC2)N1CCCCCCC1. The zero-order chi connectivity index (χ0) is 13.1. The molecule has 1 fully saturated rings. The van der Waals surface area contributed by atoms with Crippen molar-refractivity contribution in [3.63, 3.8) is 0 Å². The Bertz CT molecular complexity index is 452. The van der Waals surface area contributed by atoms with Gasteiger partial charge in [0.05, 0.1) is 0 Å². The van der Waals surface area contributed by atoms with E-state index >= 15 is 0 Å². The maximum absolute atomic E-state index is 12.6. The molecule has 112 valence electrons. The molecule has 2 N–H and O–H groups in total. The van der Waals surface area contributed by atoms with E-state index in [1.165, 1.54) is 19.3 Å². The maximum atomic E-state index is 12.6. The molecule has 0 radical (unpaired) electrons. The number of H-pyrrole nitrogens is 1. The first-order valence-corrected chi connectivity index (χ1v) is 7.42. The van der Waals surface area contributed by atoms with Gasteiger partial charge in [-0.05, 0) is 12.8 Å². The van der Waals surface area contributed by atoms with Crippen LogP contribution in [0.15, 0.2) is 0 Å². The highest BCUT2D eigenvalue weighted by atomic mass is 35.5. The van der Waals surface area contributed by atoms with Crippen molar-refractivity contribution in [3.05, 3.63) is 17.0 Å². The van der Waals surface area contributed by atoms with Gasteiger partial charge in [0.2, 0.25) is 0 Å². The fourth-order valence-electron chi connectivity index (χ4n) is 3.00. The normalized spacial score (nSPS) is 19.5. The third-order valence-electron chi connectivity index (χ3n) is 4.15. The molecule has 0 bridgehead atoms. The van der Waals surface area contributed by atoms with Crippen LogP contribution in [0.5, 0.6) is 0 Å². The number of carbonyl (C=O) groups is 1. The molecule has 0 saturated carbocycles. The van der Waals surface area contributed by atoms with Gasteiger partial charge in [-0.25, -0.2) is 0 Å². The van der Waals surface area contributed by atoms with Gasteiger partial charge in [-0.15, -0.1) is 12.4 Å². The van der Waals surface area contributed by atoms with E-state index in [0.717, 1.165) is 56.7 Å². The van der Waals surface area contributed by atoms with Crippen LogP contribution in [-0.2, 0) is 13.0 Å². The molecule has 1 amide bonds. The molecule has 0 atom stereocenters. The quantitative estimate of drug-likeness (QED) is 0.832. The number of aromatic nitrogens is 2. The number of nitrogens with one attached hydrogen (secondary N) is 2. The molecule has 0 spiro atoms. The number of halogens is 1. The second-order valence-corrected chi connectivity index (χ2v) is 5.52. The van der Waals surface area contributed by atoms with Crippen LogP contribution in [0.25, 0.3) is 0 Å². The van der Waals surface area contributed by atoms with Gasteiger partial charge in [-0.1, -0.05) is 19.3 Å². The first kappa shape index (κ1) is 15.3. The predicted octanol–water partition coefficient (Wildman–Crippen LogP) is 1.88. The Morgan fingerprint density at radius 1 is 1.10 bits per heavy atom. The van der Waals surface area contributed by atoms with E-state index in [2.05, 4.69) is 15.5 Å². The lowest BCUT2D eigenvalue weighted by molar-refractivity contribution is 0.0735. The van der Waals surface area contributed by atoms with Crippen LogP contribution in [-0.4, -0.2) is 40.6 Å². The summed E-state index contributed by atoms with van der Waals surface area (Å²) in [4.78, 5) is 14.6. The van der Waals surface area contributed by atoms with E-state index in [1.54, 1.807) is 0 Å². The zero-order valence-corrected chi connectivity index (χ0v) is 12.6. The first-order chi connectivity index (χ1) is 9.36. The molecule has 5 nitrogen and oxygen atoms in total. The van der Waals surface area contributed by atoms with E-state index in [1.807, 2.05) is 4.90 Å². The lowest BCUT2D eigenvalue weighted by Crippen LogP contribution is -2.35. The van der Waals surface area contributed by atoms with Crippen LogP contribution in [0.1, 0.15) is 53.8 Å². The summed E-state index contributed by atoms with van der Waals surface area (Å²) in [6.07, 6.45) is 6.97. The summed E-state index contributed by atoms with van der Waals surface area (Å²) in [7, 11) is 0. The fraction of sp³-hybridized carbons (Fsp3) is 0.714.